The summed E-state index contributed by atoms with van der Waals surface area (Å²) in [5, 5.41) is 0. The van der Waals surface area contributed by atoms with E-state index in [4.69, 9.17) is 4.74 Å². The molecule has 0 aromatic heterocycles. The Kier molecular flexibility index (Phi) is 6.23. The summed E-state index contributed by atoms with van der Waals surface area (Å²) < 4.78 is 47.3. The predicted molar refractivity (Wildman–Crippen MR) is 96.9 cm³/mol. The molecule has 0 radical (unpaired) electrons. The number of benzene rings is 2. The van der Waals surface area contributed by atoms with E-state index in [0.717, 1.165) is 44.1 Å². The van der Waals surface area contributed by atoms with E-state index in [9.17, 15) is 13.2 Å². The van der Waals surface area contributed by atoms with Gasteiger partial charge in [-0.05, 0) is 80.5 Å². The van der Waals surface area contributed by atoms with Crippen molar-refractivity contribution < 1.29 is 17.9 Å². The second kappa shape index (κ2) is 8.61. The maximum atomic E-state index is 14.4. The van der Waals surface area contributed by atoms with Crippen LogP contribution < -0.4 is 4.74 Å². The van der Waals surface area contributed by atoms with E-state index in [0.29, 0.717) is 18.1 Å². The Morgan fingerprint density at radius 3 is 2.35 bits per heavy atom. The van der Waals surface area contributed by atoms with Gasteiger partial charge in [0.25, 0.3) is 0 Å². The van der Waals surface area contributed by atoms with Crippen LogP contribution in [0.5, 0.6) is 5.75 Å². The molecule has 4 heteroatoms. The van der Waals surface area contributed by atoms with Crippen LogP contribution >= 0.6 is 0 Å². The van der Waals surface area contributed by atoms with Gasteiger partial charge in [0, 0.05) is 0 Å². The zero-order chi connectivity index (χ0) is 18.5. The van der Waals surface area contributed by atoms with Crippen molar-refractivity contribution in [3.63, 3.8) is 0 Å². The van der Waals surface area contributed by atoms with Crippen LogP contribution in [0.3, 0.4) is 0 Å². The Bertz CT molecular complexity index is 736. The molecule has 0 saturated heterocycles. The number of hydrogen-bond acceptors (Lipinski definition) is 1. The average Bonchev–Trinajstić information content (AvgIpc) is 2.66. The summed E-state index contributed by atoms with van der Waals surface area (Å²) in [6, 6.07) is 10.1. The first-order chi connectivity index (χ1) is 12.6. The Balaban J connectivity index is 1.57. The Morgan fingerprint density at radius 1 is 0.923 bits per heavy atom. The minimum absolute atomic E-state index is 0.0210. The third kappa shape index (κ3) is 4.22. The first kappa shape index (κ1) is 18.8. The lowest BCUT2D eigenvalue weighted by Crippen LogP contribution is -2.16. The standard InChI is InChI=1S/C22H25F3O/c1-2-26-20-14-13-18(21(24)22(20)25)16-10-7-15(8-11-16)9-12-17-5-3-4-6-19(17)23/h3-6,13-16H,2,7-12H2,1H3. The van der Waals surface area contributed by atoms with Crippen LogP contribution in [0.4, 0.5) is 13.2 Å². The van der Waals surface area contributed by atoms with Crippen molar-refractivity contribution in [3.8, 4) is 5.75 Å². The monoisotopic (exact) mass is 362 g/mol. The SMILES string of the molecule is CCOc1ccc(C2CCC(CCc3ccccc3F)CC2)c(F)c1F. The van der Waals surface area contributed by atoms with Crippen molar-refractivity contribution in [2.45, 2.75) is 51.4 Å². The van der Waals surface area contributed by atoms with E-state index in [2.05, 4.69) is 0 Å². The summed E-state index contributed by atoms with van der Waals surface area (Å²) in [6.07, 6.45) is 5.28. The van der Waals surface area contributed by atoms with Crippen molar-refractivity contribution in [3.05, 3.63) is 65.0 Å². The molecule has 1 aliphatic carbocycles. The van der Waals surface area contributed by atoms with Gasteiger partial charge in [-0.15, -0.1) is 0 Å². The summed E-state index contributed by atoms with van der Waals surface area (Å²) in [6.45, 7) is 2.05. The van der Waals surface area contributed by atoms with Crippen LogP contribution in [0, 0.1) is 23.4 Å². The van der Waals surface area contributed by atoms with Crippen LogP contribution in [0.25, 0.3) is 0 Å². The second-order valence-electron chi connectivity index (χ2n) is 7.06. The first-order valence-electron chi connectivity index (χ1n) is 9.44. The van der Waals surface area contributed by atoms with Gasteiger partial charge < -0.3 is 4.74 Å². The summed E-state index contributed by atoms with van der Waals surface area (Å²) in [4.78, 5) is 0. The summed E-state index contributed by atoms with van der Waals surface area (Å²) in [5.74, 6) is -1.26. The smallest absolute Gasteiger partial charge is 0.200 e. The molecule has 1 aliphatic rings. The topological polar surface area (TPSA) is 9.23 Å². The second-order valence-corrected chi connectivity index (χ2v) is 7.06. The maximum Gasteiger partial charge on any atom is 0.200 e. The molecule has 1 fully saturated rings. The molecule has 3 rings (SSSR count). The highest BCUT2D eigenvalue weighted by atomic mass is 19.2. The molecule has 0 heterocycles. The van der Waals surface area contributed by atoms with E-state index in [1.807, 2.05) is 12.1 Å². The van der Waals surface area contributed by atoms with Crippen LogP contribution in [0.15, 0.2) is 36.4 Å². The van der Waals surface area contributed by atoms with Gasteiger partial charge in [-0.25, -0.2) is 8.78 Å². The number of halogens is 3. The lowest BCUT2D eigenvalue weighted by Gasteiger charge is -2.29. The number of rotatable bonds is 6. The first-order valence-corrected chi connectivity index (χ1v) is 9.44. The molecule has 0 aliphatic heterocycles. The van der Waals surface area contributed by atoms with Gasteiger partial charge >= 0.3 is 0 Å². The van der Waals surface area contributed by atoms with Crippen molar-refractivity contribution in [1.29, 1.82) is 0 Å². The minimum atomic E-state index is -0.883. The number of hydrogen-bond donors (Lipinski definition) is 0. The fourth-order valence-corrected chi connectivity index (χ4v) is 3.95. The molecule has 1 saturated carbocycles. The normalized spacial score (nSPS) is 20.2. The Hall–Kier alpha value is -1.97. The highest BCUT2D eigenvalue weighted by Gasteiger charge is 2.26. The molecule has 2 aromatic rings. The van der Waals surface area contributed by atoms with Crippen molar-refractivity contribution >= 4 is 0 Å². The minimum Gasteiger partial charge on any atom is -0.491 e. The van der Waals surface area contributed by atoms with Crippen LogP contribution in [-0.2, 0) is 6.42 Å². The van der Waals surface area contributed by atoms with Gasteiger partial charge in [-0.3, -0.25) is 0 Å². The summed E-state index contributed by atoms with van der Waals surface area (Å²) in [5.41, 5.74) is 1.22. The molecule has 0 unspecified atom stereocenters. The maximum absolute atomic E-state index is 14.4. The molecule has 0 atom stereocenters. The Morgan fingerprint density at radius 2 is 1.65 bits per heavy atom. The van der Waals surface area contributed by atoms with E-state index < -0.39 is 11.6 Å². The van der Waals surface area contributed by atoms with E-state index in [1.54, 1.807) is 19.1 Å². The molecule has 0 bridgehead atoms. The molecular formula is C22H25F3O. The lowest BCUT2D eigenvalue weighted by molar-refractivity contribution is 0.296. The molecule has 0 spiro atoms. The summed E-state index contributed by atoms with van der Waals surface area (Å²) in [7, 11) is 0. The molecule has 1 nitrogen and oxygen atoms in total. The zero-order valence-corrected chi connectivity index (χ0v) is 15.1. The highest BCUT2D eigenvalue weighted by molar-refractivity contribution is 5.33. The largest absolute Gasteiger partial charge is 0.491 e. The Labute approximate surface area is 153 Å². The molecule has 0 N–H and O–H groups in total. The van der Waals surface area contributed by atoms with Crippen molar-refractivity contribution in [1.82, 2.24) is 0 Å². The van der Waals surface area contributed by atoms with Gasteiger partial charge in [0.1, 0.15) is 5.82 Å². The molecule has 26 heavy (non-hydrogen) atoms. The average molecular weight is 362 g/mol. The summed E-state index contributed by atoms with van der Waals surface area (Å²) >= 11 is 0. The molecule has 2 aromatic carbocycles. The number of ether oxygens (including phenoxy) is 1. The number of aryl methyl sites for hydroxylation is 1. The molecule has 140 valence electrons. The fraction of sp³-hybridized carbons (Fsp3) is 0.455. The van der Waals surface area contributed by atoms with Gasteiger partial charge in [-0.2, -0.15) is 4.39 Å². The van der Waals surface area contributed by atoms with Gasteiger partial charge in [0.15, 0.2) is 11.6 Å². The van der Waals surface area contributed by atoms with Gasteiger partial charge in [0.2, 0.25) is 5.82 Å². The molecular weight excluding hydrogens is 337 g/mol. The van der Waals surface area contributed by atoms with E-state index >= 15 is 0 Å². The fourth-order valence-electron chi connectivity index (χ4n) is 3.95. The lowest BCUT2D eigenvalue weighted by atomic mass is 9.76. The predicted octanol–water partition coefficient (Wildman–Crippen LogP) is 6.41. The molecule has 0 amide bonds. The van der Waals surface area contributed by atoms with Gasteiger partial charge in [0.05, 0.1) is 6.61 Å². The van der Waals surface area contributed by atoms with Crippen LogP contribution in [0.2, 0.25) is 0 Å². The van der Waals surface area contributed by atoms with E-state index in [-0.39, 0.29) is 17.5 Å². The van der Waals surface area contributed by atoms with Crippen LogP contribution in [0.1, 0.15) is 56.1 Å². The van der Waals surface area contributed by atoms with E-state index in [1.165, 1.54) is 12.1 Å². The van der Waals surface area contributed by atoms with Gasteiger partial charge in [-0.1, -0.05) is 24.3 Å². The van der Waals surface area contributed by atoms with Crippen molar-refractivity contribution in [2.24, 2.45) is 5.92 Å². The van der Waals surface area contributed by atoms with Crippen molar-refractivity contribution in [2.75, 3.05) is 6.61 Å². The zero-order valence-electron chi connectivity index (χ0n) is 15.1. The third-order valence-electron chi connectivity index (χ3n) is 5.44. The quantitative estimate of drug-likeness (QED) is 0.577. The van der Waals surface area contributed by atoms with Crippen LogP contribution in [-0.4, -0.2) is 6.61 Å². The third-order valence-corrected chi connectivity index (χ3v) is 5.44. The highest BCUT2D eigenvalue weighted by Crippen LogP contribution is 2.40.